The zero-order chi connectivity index (χ0) is 10.2. The summed E-state index contributed by atoms with van der Waals surface area (Å²) in [5.74, 6) is 0.493. The zero-order valence-corrected chi connectivity index (χ0v) is 8.99. The first-order valence-corrected chi connectivity index (χ1v) is 5.01. The molecule has 2 rings (SSSR count). The van der Waals surface area contributed by atoms with Gasteiger partial charge in [0, 0.05) is 20.1 Å². The average molecular weight is 200 g/mol. The second-order valence-electron chi connectivity index (χ2n) is 4.17. The minimum atomic E-state index is -0.0490. The molecule has 0 N–H and O–H groups in total. The van der Waals surface area contributed by atoms with Gasteiger partial charge in [0.05, 0.1) is 24.3 Å². The Morgan fingerprint density at radius 3 is 2.86 bits per heavy atom. The third-order valence-electron chi connectivity index (χ3n) is 3.13. The molecule has 1 saturated heterocycles. The van der Waals surface area contributed by atoms with Gasteiger partial charge in [-0.3, -0.25) is 0 Å². The van der Waals surface area contributed by atoms with Crippen molar-refractivity contribution in [1.29, 1.82) is 0 Å². The topological polar surface area (TPSA) is 36.9 Å². The summed E-state index contributed by atoms with van der Waals surface area (Å²) in [5.41, 5.74) is -0.0490. The minimum absolute atomic E-state index is 0.0490. The molecule has 4 nitrogen and oxygen atoms in total. The molecule has 0 spiro atoms. The number of methoxy groups -OCH3 is 2. The molecule has 2 fully saturated rings. The Kier molecular flexibility index (Phi) is 2.84. The van der Waals surface area contributed by atoms with Crippen molar-refractivity contribution in [3.05, 3.63) is 0 Å². The summed E-state index contributed by atoms with van der Waals surface area (Å²) in [4.78, 5) is 0. The van der Waals surface area contributed by atoms with Gasteiger partial charge in [-0.25, -0.2) is 0 Å². The Bertz CT molecular complexity index is 213. The Hall–Kier alpha value is -0.0951. The van der Waals surface area contributed by atoms with Crippen molar-refractivity contribution < 1.29 is 18.9 Å². The summed E-state index contributed by atoms with van der Waals surface area (Å²) >= 11 is 0. The molecule has 0 bridgehead atoms. The molecule has 1 aliphatic carbocycles. The van der Waals surface area contributed by atoms with E-state index in [1.54, 1.807) is 14.2 Å². The second-order valence-corrected chi connectivity index (χ2v) is 4.17. The van der Waals surface area contributed by atoms with E-state index >= 15 is 0 Å². The molecule has 0 aromatic rings. The van der Waals surface area contributed by atoms with Crippen LogP contribution in [0.3, 0.4) is 0 Å². The van der Waals surface area contributed by atoms with Gasteiger partial charge in [-0.1, -0.05) is 0 Å². The van der Waals surface area contributed by atoms with Gasteiger partial charge >= 0.3 is 0 Å². The van der Waals surface area contributed by atoms with Crippen LogP contribution in [0.4, 0.5) is 0 Å². The SMILES string of the molecule is B[C@H]1O[C@]2(COC)CC2[C@@H]1OCOC. The van der Waals surface area contributed by atoms with E-state index in [4.69, 9.17) is 18.9 Å². The largest absolute Gasteiger partial charge is 0.382 e. The van der Waals surface area contributed by atoms with E-state index in [9.17, 15) is 0 Å². The quantitative estimate of drug-likeness (QED) is 0.437. The lowest BCUT2D eigenvalue weighted by atomic mass is 9.93. The van der Waals surface area contributed by atoms with Gasteiger partial charge in [0.25, 0.3) is 0 Å². The fourth-order valence-electron chi connectivity index (χ4n) is 2.47. The van der Waals surface area contributed by atoms with Crippen molar-refractivity contribution in [2.24, 2.45) is 5.92 Å². The lowest BCUT2D eigenvalue weighted by Crippen LogP contribution is -2.30. The third kappa shape index (κ3) is 1.58. The minimum Gasteiger partial charge on any atom is -0.382 e. The summed E-state index contributed by atoms with van der Waals surface area (Å²) in [5, 5.41) is 0. The number of hydrogen-bond donors (Lipinski definition) is 0. The van der Waals surface area contributed by atoms with Crippen molar-refractivity contribution in [3.63, 3.8) is 0 Å². The summed E-state index contributed by atoms with van der Waals surface area (Å²) in [6.07, 6.45) is 1.23. The van der Waals surface area contributed by atoms with Crippen LogP contribution in [-0.4, -0.2) is 53.2 Å². The molecule has 2 aliphatic rings. The fourth-order valence-corrected chi connectivity index (χ4v) is 2.47. The van der Waals surface area contributed by atoms with Gasteiger partial charge < -0.3 is 18.9 Å². The van der Waals surface area contributed by atoms with E-state index in [2.05, 4.69) is 0 Å². The molecule has 0 aromatic heterocycles. The zero-order valence-electron chi connectivity index (χ0n) is 8.99. The van der Waals surface area contributed by atoms with Crippen LogP contribution in [0.5, 0.6) is 0 Å². The van der Waals surface area contributed by atoms with Gasteiger partial charge in [0.1, 0.15) is 14.6 Å². The Balaban J connectivity index is 1.89. The molecule has 1 heterocycles. The predicted octanol–water partition coefficient (Wildman–Crippen LogP) is -0.630. The van der Waals surface area contributed by atoms with Crippen LogP contribution in [0.2, 0.25) is 0 Å². The Labute approximate surface area is 85.3 Å². The maximum absolute atomic E-state index is 5.87. The summed E-state index contributed by atoms with van der Waals surface area (Å²) < 4.78 is 21.5. The first kappa shape index (κ1) is 10.4. The molecule has 80 valence electrons. The predicted molar refractivity (Wildman–Crippen MR) is 52.9 cm³/mol. The Morgan fingerprint density at radius 2 is 2.21 bits per heavy atom. The van der Waals surface area contributed by atoms with Crippen LogP contribution < -0.4 is 0 Å². The number of fused-ring (bicyclic) bond motifs is 1. The van der Waals surface area contributed by atoms with Crippen molar-refractivity contribution in [1.82, 2.24) is 0 Å². The number of rotatable bonds is 5. The van der Waals surface area contributed by atoms with Crippen LogP contribution in [0.1, 0.15) is 6.42 Å². The maximum atomic E-state index is 5.87. The normalized spacial score (nSPS) is 45.1. The highest BCUT2D eigenvalue weighted by atomic mass is 16.7. The molecule has 4 atom stereocenters. The van der Waals surface area contributed by atoms with Gasteiger partial charge in [-0.2, -0.15) is 0 Å². The highest BCUT2D eigenvalue weighted by molar-refractivity contribution is 6.11. The van der Waals surface area contributed by atoms with Crippen molar-refractivity contribution in [2.45, 2.75) is 24.1 Å². The molecule has 1 unspecified atom stereocenters. The van der Waals surface area contributed by atoms with Crippen LogP contribution in [0, 0.1) is 5.92 Å². The molecular weight excluding hydrogens is 183 g/mol. The highest BCUT2D eigenvalue weighted by Crippen LogP contribution is 2.56. The first-order chi connectivity index (χ1) is 6.73. The molecule has 0 radical (unpaired) electrons. The van der Waals surface area contributed by atoms with Crippen molar-refractivity contribution in [3.8, 4) is 0 Å². The van der Waals surface area contributed by atoms with E-state index in [1.807, 2.05) is 7.85 Å². The molecule has 5 heteroatoms. The highest BCUT2D eigenvalue weighted by Gasteiger charge is 2.66. The van der Waals surface area contributed by atoms with E-state index in [0.29, 0.717) is 19.3 Å². The smallest absolute Gasteiger partial charge is 0.146 e. The first-order valence-electron chi connectivity index (χ1n) is 5.01. The van der Waals surface area contributed by atoms with Gasteiger partial charge in [-0.15, -0.1) is 0 Å². The number of ether oxygens (including phenoxy) is 4. The maximum Gasteiger partial charge on any atom is 0.146 e. The van der Waals surface area contributed by atoms with Crippen molar-refractivity contribution >= 4 is 7.85 Å². The molecule has 1 saturated carbocycles. The van der Waals surface area contributed by atoms with E-state index in [0.717, 1.165) is 6.42 Å². The summed E-state index contributed by atoms with van der Waals surface area (Å²) in [6.45, 7) is 1.02. The van der Waals surface area contributed by atoms with Gasteiger partial charge in [0.2, 0.25) is 0 Å². The Morgan fingerprint density at radius 1 is 1.43 bits per heavy atom. The van der Waals surface area contributed by atoms with Crippen LogP contribution >= 0.6 is 0 Å². The number of hydrogen-bond acceptors (Lipinski definition) is 4. The molecule has 14 heavy (non-hydrogen) atoms. The molecule has 1 aliphatic heterocycles. The summed E-state index contributed by atoms with van der Waals surface area (Å²) in [7, 11) is 5.39. The summed E-state index contributed by atoms with van der Waals surface area (Å²) in [6, 6.07) is 0.152. The molecule has 0 aromatic carbocycles. The fraction of sp³-hybridized carbons (Fsp3) is 1.00. The second kappa shape index (κ2) is 3.81. The van der Waals surface area contributed by atoms with Crippen LogP contribution in [0.15, 0.2) is 0 Å². The van der Waals surface area contributed by atoms with Crippen molar-refractivity contribution in [2.75, 3.05) is 27.6 Å². The van der Waals surface area contributed by atoms with Crippen LogP contribution in [0.25, 0.3) is 0 Å². The monoisotopic (exact) mass is 200 g/mol. The van der Waals surface area contributed by atoms with Gasteiger partial charge in [-0.05, 0) is 6.42 Å². The lowest BCUT2D eigenvalue weighted by molar-refractivity contribution is -0.0970. The molecular formula is C9H17BO4. The van der Waals surface area contributed by atoms with Crippen LogP contribution in [-0.2, 0) is 18.9 Å². The van der Waals surface area contributed by atoms with Gasteiger partial charge in [0.15, 0.2) is 0 Å². The lowest BCUT2D eigenvalue weighted by Gasteiger charge is -2.19. The van der Waals surface area contributed by atoms with E-state index in [-0.39, 0.29) is 17.7 Å². The van der Waals surface area contributed by atoms with E-state index < -0.39 is 0 Å². The third-order valence-corrected chi connectivity index (χ3v) is 3.13. The molecule has 0 amide bonds. The van der Waals surface area contributed by atoms with E-state index in [1.165, 1.54) is 0 Å². The standard InChI is InChI=1S/C9H17BO4/c1-11-4-9-3-6(9)7(8(10)14-9)13-5-12-2/h6-8H,3-5,10H2,1-2H3/t6?,7-,8-,9-/m0/s1. The average Bonchev–Trinajstić information content (AvgIpc) is 2.74.